The highest BCUT2D eigenvalue weighted by Crippen LogP contribution is 2.16. The van der Waals surface area contributed by atoms with Gasteiger partial charge in [-0.15, -0.1) is 0 Å². The van der Waals surface area contributed by atoms with Crippen molar-refractivity contribution >= 4 is 11.6 Å². The Kier molecular flexibility index (Phi) is 5.92. The van der Waals surface area contributed by atoms with Gasteiger partial charge in [-0.2, -0.15) is 0 Å². The van der Waals surface area contributed by atoms with Gasteiger partial charge < -0.3 is 15.8 Å². The van der Waals surface area contributed by atoms with Crippen LogP contribution in [0.25, 0.3) is 0 Å². The van der Waals surface area contributed by atoms with Crippen molar-refractivity contribution in [3.63, 3.8) is 0 Å². The van der Waals surface area contributed by atoms with Gasteiger partial charge >= 0.3 is 0 Å². The highest BCUT2D eigenvalue weighted by molar-refractivity contribution is 5.91. The fourth-order valence-corrected chi connectivity index (χ4v) is 1.39. The molecular weight excluding hydrogens is 228 g/mol. The highest BCUT2D eigenvalue weighted by atomic mass is 16.5. The molecule has 0 saturated heterocycles. The van der Waals surface area contributed by atoms with Crippen LogP contribution in [0.5, 0.6) is 0 Å². The highest BCUT2D eigenvalue weighted by Gasteiger charge is 2.04. The van der Waals surface area contributed by atoms with Crippen molar-refractivity contribution in [3.8, 4) is 11.8 Å². The van der Waals surface area contributed by atoms with Crippen LogP contribution >= 0.6 is 0 Å². The number of nitrogens with two attached hydrogens (primary N) is 1. The van der Waals surface area contributed by atoms with E-state index in [1.165, 1.54) is 0 Å². The smallest absolute Gasteiger partial charge is 0.226 e. The summed E-state index contributed by atoms with van der Waals surface area (Å²) < 4.78 is 4.86. The predicted octanol–water partition coefficient (Wildman–Crippen LogP) is 1.28. The summed E-state index contributed by atoms with van der Waals surface area (Å²) in [4.78, 5) is 11.6. The first-order valence-electron chi connectivity index (χ1n) is 5.75. The van der Waals surface area contributed by atoms with Gasteiger partial charge in [0, 0.05) is 18.4 Å². The molecule has 0 aromatic heterocycles. The molecule has 0 radical (unpaired) electrons. The van der Waals surface area contributed by atoms with Gasteiger partial charge in [0.1, 0.15) is 0 Å². The average molecular weight is 246 g/mol. The van der Waals surface area contributed by atoms with Crippen molar-refractivity contribution < 1.29 is 9.53 Å². The Bertz CT molecular complexity index is 472. The third-order valence-electron chi connectivity index (χ3n) is 2.38. The maximum absolute atomic E-state index is 11.6. The number of amides is 1. The van der Waals surface area contributed by atoms with E-state index in [4.69, 9.17) is 10.5 Å². The van der Waals surface area contributed by atoms with Crippen LogP contribution in [0.3, 0.4) is 0 Å². The van der Waals surface area contributed by atoms with Crippen LogP contribution in [0.2, 0.25) is 0 Å². The molecule has 4 heteroatoms. The van der Waals surface area contributed by atoms with Crippen LogP contribution < -0.4 is 11.1 Å². The van der Waals surface area contributed by atoms with E-state index in [-0.39, 0.29) is 5.91 Å². The zero-order valence-electron chi connectivity index (χ0n) is 10.7. The summed E-state index contributed by atoms with van der Waals surface area (Å²) in [5.41, 5.74) is 7.94. The van der Waals surface area contributed by atoms with Crippen LogP contribution in [0.4, 0.5) is 5.69 Å². The van der Waals surface area contributed by atoms with Crippen molar-refractivity contribution in [2.75, 3.05) is 25.6 Å². The Morgan fingerprint density at radius 2 is 2.28 bits per heavy atom. The molecule has 1 aromatic carbocycles. The van der Waals surface area contributed by atoms with E-state index in [0.29, 0.717) is 19.6 Å². The van der Waals surface area contributed by atoms with Crippen molar-refractivity contribution in [2.45, 2.75) is 13.3 Å². The molecule has 4 nitrogen and oxygen atoms in total. The lowest BCUT2D eigenvalue weighted by molar-refractivity contribution is -0.117. The van der Waals surface area contributed by atoms with Crippen molar-refractivity contribution in [2.24, 2.45) is 5.73 Å². The van der Waals surface area contributed by atoms with Crippen LogP contribution in [0, 0.1) is 18.8 Å². The largest absolute Gasteiger partial charge is 0.384 e. The van der Waals surface area contributed by atoms with Gasteiger partial charge in [-0.1, -0.05) is 17.9 Å². The number of benzene rings is 1. The molecule has 0 heterocycles. The van der Waals surface area contributed by atoms with E-state index < -0.39 is 0 Å². The number of aryl methyl sites for hydroxylation is 1. The zero-order chi connectivity index (χ0) is 13.4. The van der Waals surface area contributed by atoms with Crippen LogP contribution in [0.15, 0.2) is 18.2 Å². The molecule has 0 fully saturated rings. The Balaban J connectivity index is 2.77. The Morgan fingerprint density at radius 1 is 1.50 bits per heavy atom. The minimum Gasteiger partial charge on any atom is -0.384 e. The molecule has 0 atom stereocenters. The van der Waals surface area contributed by atoms with Crippen LogP contribution in [0.1, 0.15) is 17.5 Å². The fourth-order valence-electron chi connectivity index (χ4n) is 1.39. The van der Waals surface area contributed by atoms with E-state index >= 15 is 0 Å². The molecule has 0 aliphatic rings. The van der Waals surface area contributed by atoms with Gasteiger partial charge in [0.15, 0.2) is 0 Å². The molecule has 0 spiro atoms. The van der Waals surface area contributed by atoms with E-state index in [1.54, 1.807) is 7.11 Å². The molecule has 1 amide bonds. The summed E-state index contributed by atoms with van der Waals surface area (Å²) in [6.07, 6.45) is 0.342. The van der Waals surface area contributed by atoms with Crippen molar-refractivity contribution in [1.29, 1.82) is 0 Å². The molecule has 0 aliphatic heterocycles. The molecule has 18 heavy (non-hydrogen) atoms. The molecule has 0 aliphatic carbocycles. The number of nitrogens with one attached hydrogen (secondary N) is 1. The third kappa shape index (κ3) is 4.58. The van der Waals surface area contributed by atoms with E-state index in [2.05, 4.69) is 17.2 Å². The fraction of sp³-hybridized carbons (Fsp3) is 0.357. The SMILES string of the molecule is COCCC(=O)Nc1cc(C#CCN)ccc1C. The Hall–Kier alpha value is -1.83. The van der Waals surface area contributed by atoms with Crippen molar-refractivity contribution in [1.82, 2.24) is 0 Å². The van der Waals surface area contributed by atoms with Gasteiger partial charge in [-0.05, 0) is 24.6 Å². The minimum atomic E-state index is -0.0658. The predicted molar refractivity (Wildman–Crippen MR) is 72.2 cm³/mol. The maximum atomic E-state index is 11.6. The molecular formula is C14H18N2O2. The van der Waals surface area contributed by atoms with Gasteiger partial charge in [-0.3, -0.25) is 4.79 Å². The average Bonchev–Trinajstić information content (AvgIpc) is 2.37. The van der Waals surface area contributed by atoms with E-state index in [9.17, 15) is 4.79 Å². The number of ether oxygens (including phenoxy) is 1. The second-order valence-corrected chi connectivity index (χ2v) is 3.83. The molecule has 96 valence electrons. The van der Waals surface area contributed by atoms with Gasteiger partial charge in [0.25, 0.3) is 0 Å². The van der Waals surface area contributed by atoms with E-state index in [0.717, 1.165) is 16.8 Å². The lowest BCUT2D eigenvalue weighted by Crippen LogP contribution is -2.14. The minimum absolute atomic E-state index is 0.0658. The number of carbonyl (C=O) groups excluding carboxylic acids is 1. The normalized spacial score (nSPS) is 9.50. The van der Waals surface area contributed by atoms with Crippen molar-refractivity contribution in [3.05, 3.63) is 29.3 Å². The molecule has 0 unspecified atom stereocenters. The van der Waals surface area contributed by atoms with Gasteiger partial charge in [0.2, 0.25) is 5.91 Å². The number of anilines is 1. The standard InChI is InChI=1S/C14H18N2O2/c1-11-5-6-12(4-3-8-15)10-13(11)16-14(17)7-9-18-2/h5-6,10H,7-9,15H2,1-2H3,(H,16,17). The lowest BCUT2D eigenvalue weighted by atomic mass is 10.1. The molecule has 1 rings (SSSR count). The third-order valence-corrected chi connectivity index (χ3v) is 2.38. The number of hydrogen-bond acceptors (Lipinski definition) is 3. The first kappa shape index (κ1) is 14.2. The maximum Gasteiger partial charge on any atom is 0.226 e. The topological polar surface area (TPSA) is 64.3 Å². The number of hydrogen-bond donors (Lipinski definition) is 2. The van der Waals surface area contributed by atoms with Gasteiger partial charge in [0.05, 0.1) is 19.6 Å². The second kappa shape index (κ2) is 7.49. The zero-order valence-corrected chi connectivity index (χ0v) is 10.7. The Morgan fingerprint density at radius 3 is 2.94 bits per heavy atom. The molecule has 0 bridgehead atoms. The first-order chi connectivity index (χ1) is 8.67. The quantitative estimate of drug-likeness (QED) is 0.787. The number of methoxy groups -OCH3 is 1. The van der Waals surface area contributed by atoms with Crippen LogP contribution in [-0.2, 0) is 9.53 Å². The summed E-state index contributed by atoms with van der Waals surface area (Å²) in [6.45, 7) is 2.67. The second-order valence-electron chi connectivity index (χ2n) is 3.83. The number of carbonyl (C=O) groups is 1. The monoisotopic (exact) mass is 246 g/mol. The van der Waals surface area contributed by atoms with E-state index in [1.807, 2.05) is 25.1 Å². The molecule has 0 saturated carbocycles. The number of rotatable bonds is 4. The molecule has 3 N–H and O–H groups in total. The Labute approximate surface area is 108 Å². The summed E-state index contributed by atoms with van der Waals surface area (Å²) in [5, 5.41) is 2.84. The summed E-state index contributed by atoms with van der Waals surface area (Å²) >= 11 is 0. The van der Waals surface area contributed by atoms with Gasteiger partial charge in [-0.25, -0.2) is 0 Å². The lowest BCUT2D eigenvalue weighted by Gasteiger charge is -2.08. The summed E-state index contributed by atoms with van der Waals surface area (Å²) in [6, 6.07) is 5.68. The van der Waals surface area contributed by atoms with Crippen LogP contribution in [-0.4, -0.2) is 26.2 Å². The summed E-state index contributed by atoms with van der Waals surface area (Å²) in [7, 11) is 1.57. The molecule has 1 aromatic rings. The first-order valence-corrected chi connectivity index (χ1v) is 5.75. The summed E-state index contributed by atoms with van der Waals surface area (Å²) in [5.74, 6) is 5.66.